The number of hydrogen-bond acceptors (Lipinski definition) is 8. The summed E-state index contributed by atoms with van der Waals surface area (Å²) in [6, 6.07) is 13.1. The first kappa shape index (κ1) is 22.8. The van der Waals surface area contributed by atoms with Gasteiger partial charge in [-0.2, -0.15) is 9.78 Å². The number of amides is 1. The molecule has 0 spiro atoms. The molecule has 0 unspecified atom stereocenters. The molecular weight excluding hydrogens is 436 g/mol. The number of benzene rings is 1. The van der Waals surface area contributed by atoms with Gasteiger partial charge in [0.15, 0.2) is 18.3 Å². The zero-order valence-corrected chi connectivity index (χ0v) is 19.1. The first-order chi connectivity index (χ1) is 16.4. The van der Waals surface area contributed by atoms with Crippen molar-refractivity contribution in [3.8, 4) is 17.3 Å². The van der Waals surface area contributed by atoms with Crippen molar-refractivity contribution in [3.05, 3.63) is 71.6 Å². The van der Waals surface area contributed by atoms with Crippen LogP contribution in [0.25, 0.3) is 17.3 Å². The Morgan fingerprint density at radius 3 is 2.50 bits per heavy atom. The van der Waals surface area contributed by atoms with Gasteiger partial charge in [-0.25, -0.2) is 15.0 Å². The van der Waals surface area contributed by atoms with Crippen molar-refractivity contribution in [1.82, 2.24) is 24.7 Å². The quantitative estimate of drug-likeness (QED) is 0.397. The third-order valence-electron chi connectivity index (χ3n) is 4.78. The van der Waals surface area contributed by atoms with Crippen LogP contribution in [0.5, 0.6) is 0 Å². The molecule has 4 rings (SSSR count). The molecule has 0 aliphatic carbocycles. The fraction of sp³-hybridized carbons (Fsp3) is 0.250. The topological polar surface area (TPSA) is 125 Å². The van der Waals surface area contributed by atoms with Crippen molar-refractivity contribution < 1.29 is 18.7 Å². The summed E-state index contributed by atoms with van der Waals surface area (Å²) < 4.78 is 12.2. The fourth-order valence-electron chi connectivity index (χ4n) is 3.31. The SMILES string of the molecule is Cc1cc(C)nc(-n2nc(C)cc2NC(=O)COC(=O)CCc2ncc(-c3ccccc3)o2)n1. The zero-order valence-electron chi connectivity index (χ0n) is 19.1. The van der Waals surface area contributed by atoms with Gasteiger partial charge in [0, 0.05) is 29.4 Å². The maximum absolute atomic E-state index is 12.4. The van der Waals surface area contributed by atoms with Crippen LogP contribution in [0.1, 0.15) is 29.4 Å². The second-order valence-electron chi connectivity index (χ2n) is 7.73. The number of hydrogen-bond donors (Lipinski definition) is 1. The van der Waals surface area contributed by atoms with E-state index in [0.29, 0.717) is 29.1 Å². The number of anilines is 1. The summed E-state index contributed by atoms with van der Waals surface area (Å²) in [6.45, 7) is 5.07. The number of oxazole rings is 1. The second kappa shape index (κ2) is 10.1. The highest BCUT2D eigenvalue weighted by atomic mass is 16.5. The van der Waals surface area contributed by atoms with E-state index in [1.165, 1.54) is 4.68 Å². The Morgan fingerprint density at radius 2 is 1.76 bits per heavy atom. The van der Waals surface area contributed by atoms with Crippen molar-refractivity contribution in [2.45, 2.75) is 33.6 Å². The van der Waals surface area contributed by atoms with E-state index < -0.39 is 18.5 Å². The molecule has 174 valence electrons. The number of rotatable bonds is 8. The summed E-state index contributed by atoms with van der Waals surface area (Å²) in [7, 11) is 0. The number of aryl methyl sites for hydroxylation is 4. The molecule has 0 saturated heterocycles. The molecule has 34 heavy (non-hydrogen) atoms. The zero-order chi connectivity index (χ0) is 24.1. The lowest BCUT2D eigenvalue weighted by atomic mass is 10.2. The second-order valence-corrected chi connectivity index (χ2v) is 7.73. The van der Waals surface area contributed by atoms with Gasteiger partial charge in [0.1, 0.15) is 5.82 Å². The van der Waals surface area contributed by atoms with Gasteiger partial charge in [-0.05, 0) is 26.8 Å². The van der Waals surface area contributed by atoms with Crippen molar-refractivity contribution in [2.75, 3.05) is 11.9 Å². The van der Waals surface area contributed by atoms with E-state index in [0.717, 1.165) is 17.0 Å². The Balaban J connectivity index is 1.29. The molecule has 0 radical (unpaired) electrons. The molecule has 0 bridgehead atoms. The van der Waals surface area contributed by atoms with Gasteiger partial charge in [-0.3, -0.25) is 9.59 Å². The van der Waals surface area contributed by atoms with Crippen molar-refractivity contribution in [2.24, 2.45) is 0 Å². The maximum atomic E-state index is 12.4. The number of esters is 1. The van der Waals surface area contributed by atoms with Crippen LogP contribution in [0.3, 0.4) is 0 Å². The highest BCUT2D eigenvalue weighted by molar-refractivity contribution is 5.92. The van der Waals surface area contributed by atoms with E-state index in [1.807, 2.05) is 50.2 Å². The van der Waals surface area contributed by atoms with Crippen LogP contribution in [0.15, 0.2) is 53.1 Å². The van der Waals surface area contributed by atoms with E-state index in [2.05, 4.69) is 25.4 Å². The van der Waals surface area contributed by atoms with Gasteiger partial charge >= 0.3 is 5.97 Å². The highest BCUT2D eigenvalue weighted by Gasteiger charge is 2.16. The van der Waals surface area contributed by atoms with E-state index in [4.69, 9.17) is 9.15 Å². The van der Waals surface area contributed by atoms with Gasteiger partial charge in [0.2, 0.25) is 0 Å². The minimum atomic E-state index is -0.531. The third kappa shape index (κ3) is 5.71. The number of aromatic nitrogens is 5. The number of carbonyl (C=O) groups is 2. The Labute approximate surface area is 196 Å². The van der Waals surface area contributed by atoms with Gasteiger partial charge in [-0.15, -0.1) is 0 Å². The molecule has 1 N–H and O–H groups in total. The van der Waals surface area contributed by atoms with Crippen LogP contribution < -0.4 is 5.32 Å². The molecule has 3 heterocycles. The van der Waals surface area contributed by atoms with Crippen molar-refractivity contribution >= 4 is 17.7 Å². The average Bonchev–Trinajstić information content (AvgIpc) is 3.43. The van der Waals surface area contributed by atoms with Crippen LogP contribution >= 0.6 is 0 Å². The normalized spacial score (nSPS) is 10.8. The molecular formula is C24H24N6O4. The molecule has 1 amide bonds. The van der Waals surface area contributed by atoms with E-state index in [9.17, 15) is 9.59 Å². The molecule has 0 atom stereocenters. The van der Waals surface area contributed by atoms with Crippen LogP contribution in [0.2, 0.25) is 0 Å². The van der Waals surface area contributed by atoms with Crippen molar-refractivity contribution in [3.63, 3.8) is 0 Å². The van der Waals surface area contributed by atoms with Crippen LogP contribution in [0.4, 0.5) is 5.82 Å². The molecule has 10 heteroatoms. The molecule has 0 fully saturated rings. The van der Waals surface area contributed by atoms with E-state index in [1.54, 1.807) is 19.2 Å². The van der Waals surface area contributed by atoms with Gasteiger partial charge in [-0.1, -0.05) is 30.3 Å². The molecule has 1 aromatic carbocycles. The third-order valence-corrected chi connectivity index (χ3v) is 4.78. The summed E-state index contributed by atoms with van der Waals surface area (Å²) >= 11 is 0. The van der Waals surface area contributed by atoms with E-state index >= 15 is 0 Å². The number of nitrogens with one attached hydrogen (secondary N) is 1. The van der Waals surface area contributed by atoms with Gasteiger partial charge in [0.25, 0.3) is 11.9 Å². The smallest absolute Gasteiger partial charge is 0.306 e. The maximum Gasteiger partial charge on any atom is 0.306 e. The standard InChI is InChI=1S/C24H24N6O4/c1-15-11-16(2)27-24(26-15)30-20(12-17(3)29-30)28-21(31)14-33-23(32)10-9-22-25-13-19(34-22)18-7-5-4-6-8-18/h4-8,11-13H,9-10,14H2,1-3H3,(H,28,31). The lowest BCUT2D eigenvalue weighted by Gasteiger charge is -2.09. The highest BCUT2D eigenvalue weighted by Crippen LogP contribution is 2.20. The largest absolute Gasteiger partial charge is 0.456 e. The van der Waals surface area contributed by atoms with Gasteiger partial charge < -0.3 is 14.5 Å². The number of carbonyl (C=O) groups excluding carboxylic acids is 2. The summed E-state index contributed by atoms with van der Waals surface area (Å²) in [6.07, 6.45) is 1.92. The first-order valence-electron chi connectivity index (χ1n) is 10.7. The first-order valence-corrected chi connectivity index (χ1v) is 10.7. The molecule has 0 saturated carbocycles. The van der Waals surface area contributed by atoms with Crippen LogP contribution in [-0.2, 0) is 20.7 Å². The van der Waals surface area contributed by atoms with Gasteiger partial charge in [0.05, 0.1) is 18.3 Å². The molecule has 3 aromatic heterocycles. The predicted octanol–water partition coefficient (Wildman–Crippen LogP) is 3.36. The Hall–Kier alpha value is -4.34. The lowest BCUT2D eigenvalue weighted by molar-refractivity contribution is -0.147. The minimum Gasteiger partial charge on any atom is -0.456 e. The summed E-state index contributed by atoms with van der Waals surface area (Å²) in [5.74, 6) is 0.755. The average molecular weight is 460 g/mol. The Kier molecular flexibility index (Phi) is 6.77. The minimum absolute atomic E-state index is 0.0372. The lowest BCUT2D eigenvalue weighted by Crippen LogP contribution is -2.23. The Morgan fingerprint density at radius 1 is 1.03 bits per heavy atom. The predicted molar refractivity (Wildman–Crippen MR) is 123 cm³/mol. The van der Waals surface area contributed by atoms with Crippen LogP contribution in [0, 0.1) is 20.8 Å². The summed E-state index contributed by atoms with van der Waals surface area (Å²) in [5, 5.41) is 7.04. The number of nitrogens with zero attached hydrogens (tertiary/aromatic N) is 5. The summed E-state index contributed by atoms with van der Waals surface area (Å²) in [5.41, 5.74) is 3.14. The molecule has 10 nitrogen and oxygen atoms in total. The summed E-state index contributed by atoms with van der Waals surface area (Å²) in [4.78, 5) is 37.4. The monoisotopic (exact) mass is 460 g/mol. The van der Waals surface area contributed by atoms with E-state index in [-0.39, 0.29) is 12.8 Å². The molecule has 4 aromatic rings. The Bertz CT molecular complexity index is 1290. The number of ether oxygens (including phenoxy) is 1. The molecule has 0 aliphatic heterocycles. The van der Waals surface area contributed by atoms with Crippen LogP contribution in [-0.4, -0.2) is 43.2 Å². The van der Waals surface area contributed by atoms with Crippen molar-refractivity contribution in [1.29, 1.82) is 0 Å². The fourth-order valence-corrected chi connectivity index (χ4v) is 3.31. The molecule has 0 aliphatic rings.